The molecular weight excluding hydrogens is 436 g/mol. The lowest BCUT2D eigenvalue weighted by Gasteiger charge is -2.18. The molecule has 2 amide bonds. The summed E-state index contributed by atoms with van der Waals surface area (Å²) in [6.07, 6.45) is 0. The van der Waals surface area contributed by atoms with Crippen LogP contribution in [0.3, 0.4) is 0 Å². The van der Waals surface area contributed by atoms with Crippen molar-refractivity contribution in [2.45, 2.75) is 20.4 Å². The molecule has 34 heavy (non-hydrogen) atoms. The number of aromatic nitrogens is 2. The van der Waals surface area contributed by atoms with Crippen molar-refractivity contribution in [1.29, 1.82) is 0 Å². The van der Waals surface area contributed by atoms with E-state index in [1.54, 1.807) is 29.2 Å². The Morgan fingerprint density at radius 2 is 1.62 bits per heavy atom. The summed E-state index contributed by atoms with van der Waals surface area (Å²) in [7, 11) is 0. The molecular formula is C25H26N4O5. The first-order valence-corrected chi connectivity index (χ1v) is 10.9. The Hall–Kier alpha value is -4.27. The van der Waals surface area contributed by atoms with E-state index in [2.05, 4.69) is 10.4 Å². The summed E-state index contributed by atoms with van der Waals surface area (Å²) < 4.78 is 6.20. The van der Waals surface area contributed by atoms with Crippen LogP contribution in [0.25, 0.3) is 0 Å². The van der Waals surface area contributed by atoms with Crippen LogP contribution >= 0.6 is 0 Å². The predicted molar refractivity (Wildman–Crippen MR) is 127 cm³/mol. The molecule has 0 atom stereocenters. The average molecular weight is 463 g/mol. The molecule has 0 aliphatic rings. The molecule has 0 unspecified atom stereocenters. The highest BCUT2D eigenvalue weighted by Crippen LogP contribution is 2.12. The number of nitrogens with zero attached hydrogens (tertiary/aromatic N) is 3. The van der Waals surface area contributed by atoms with E-state index in [-0.39, 0.29) is 23.7 Å². The summed E-state index contributed by atoms with van der Waals surface area (Å²) in [5.74, 6) is -1.45. The number of hydrogen-bond acceptors (Lipinski definition) is 6. The van der Waals surface area contributed by atoms with E-state index in [0.717, 1.165) is 10.2 Å². The van der Waals surface area contributed by atoms with Gasteiger partial charge in [-0.2, -0.15) is 5.10 Å². The van der Waals surface area contributed by atoms with Gasteiger partial charge in [0.25, 0.3) is 17.4 Å². The zero-order valence-electron chi connectivity index (χ0n) is 19.1. The van der Waals surface area contributed by atoms with Gasteiger partial charge in [0.2, 0.25) is 0 Å². The summed E-state index contributed by atoms with van der Waals surface area (Å²) in [6.45, 7) is 4.71. The summed E-state index contributed by atoms with van der Waals surface area (Å²) in [6, 6.07) is 18.2. The van der Waals surface area contributed by atoms with Gasteiger partial charge in [-0.1, -0.05) is 30.3 Å². The molecule has 0 aliphatic heterocycles. The van der Waals surface area contributed by atoms with Crippen molar-refractivity contribution < 1.29 is 19.1 Å². The van der Waals surface area contributed by atoms with Crippen LogP contribution in [0.2, 0.25) is 0 Å². The van der Waals surface area contributed by atoms with Crippen LogP contribution in [0.4, 0.5) is 5.69 Å². The van der Waals surface area contributed by atoms with Crippen LogP contribution in [0.1, 0.15) is 40.3 Å². The second-order valence-corrected chi connectivity index (χ2v) is 7.38. The van der Waals surface area contributed by atoms with Crippen molar-refractivity contribution >= 4 is 23.5 Å². The monoisotopic (exact) mass is 462 g/mol. The van der Waals surface area contributed by atoms with Gasteiger partial charge in [0.1, 0.15) is 0 Å². The molecule has 1 heterocycles. The van der Waals surface area contributed by atoms with Gasteiger partial charge in [-0.15, -0.1) is 0 Å². The third kappa shape index (κ3) is 6.38. The van der Waals surface area contributed by atoms with E-state index in [9.17, 15) is 19.2 Å². The number of carbonyl (C=O) groups is 3. The van der Waals surface area contributed by atoms with Crippen LogP contribution < -0.4 is 10.9 Å². The molecule has 176 valence electrons. The predicted octanol–water partition coefficient (Wildman–Crippen LogP) is 2.57. The molecule has 0 aliphatic carbocycles. The Morgan fingerprint density at radius 3 is 2.26 bits per heavy atom. The fourth-order valence-electron chi connectivity index (χ4n) is 3.22. The fraction of sp³-hybridized carbons (Fsp3) is 0.240. The Labute approximate surface area is 197 Å². The topological polar surface area (TPSA) is 111 Å². The number of benzene rings is 2. The number of esters is 1. The highest BCUT2D eigenvalue weighted by molar-refractivity contribution is 5.97. The Morgan fingerprint density at radius 1 is 0.941 bits per heavy atom. The standard InChI is InChI=1S/C25H26N4O5/c1-3-28(4-2)24(32)19-10-12-20(13-11-19)26-22(30)17-34-25(33)21-14-15-23(31)29(27-21)16-18-8-6-5-7-9-18/h5-15H,3-4,16-17H2,1-2H3,(H,26,30). The van der Waals surface area contributed by atoms with Gasteiger partial charge >= 0.3 is 5.97 Å². The van der Waals surface area contributed by atoms with Gasteiger partial charge in [0.05, 0.1) is 6.54 Å². The second kappa shape index (κ2) is 11.6. The molecule has 3 aromatic rings. The molecule has 0 radical (unpaired) electrons. The lowest BCUT2D eigenvalue weighted by molar-refractivity contribution is -0.119. The van der Waals surface area contributed by atoms with Gasteiger partial charge in [0.15, 0.2) is 12.3 Å². The van der Waals surface area contributed by atoms with E-state index in [1.807, 2.05) is 44.2 Å². The fourth-order valence-corrected chi connectivity index (χ4v) is 3.22. The molecule has 1 N–H and O–H groups in total. The summed E-state index contributed by atoms with van der Waals surface area (Å²) in [5.41, 5.74) is 1.40. The first kappa shape index (κ1) is 24.4. The first-order chi connectivity index (χ1) is 16.4. The molecule has 0 saturated heterocycles. The second-order valence-electron chi connectivity index (χ2n) is 7.38. The number of nitrogens with one attached hydrogen (secondary N) is 1. The van der Waals surface area contributed by atoms with E-state index in [4.69, 9.17) is 4.74 Å². The first-order valence-electron chi connectivity index (χ1n) is 10.9. The maximum atomic E-state index is 12.4. The minimum atomic E-state index is -0.822. The molecule has 0 bridgehead atoms. The number of carbonyl (C=O) groups excluding carboxylic acids is 3. The Bertz CT molecular complexity index is 1200. The van der Waals surface area contributed by atoms with E-state index in [1.165, 1.54) is 12.1 Å². The molecule has 0 fully saturated rings. The molecule has 3 rings (SSSR count). The van der Waals surface area contributed by atoms with Crippen LogP contribution in [0.5, 0.6) is 0 Å². The van der Waals surface area contributed by atoms with E-state index >= 15 is 0 Å². The van der Waals surface area contributed by atoms with Gasteiger partial charge in [0, 0.05) is 30.4 Å². The quantitative estimate of drug-likeness (QED) is 0.490. The number of amides is 2. The summed E-state index contributed by atoms with van der Waals surface area (Å²) in [4.78, 5) is 50.6. The van der Waals surface area contributed by atoms with E-state index in [0.29, 0.717) is 24.3 Å². The van der Waals surface area contributed by atoms with Crippen molar-refractivity contribution in [3.63, 3.8) is 0 Å². The summed E-state index contributed by atoms with van der Waals surface area (Å²) in [5, 5.41) is 6.65. The van der Waals surface area contributed by atoms with Crippen molar-refractivity contribution in [1.82, 2.24) is 14.7 Å². The Kier molecular flexibility index (Phi) is 8.28. The highest BCUT2D eigenvalue weighted by Gasteiger charge is 2.15. The van der Waals surface area contributed by atoms with Crippen molar-refractivity contribution in [2.24, 2.45) is 0 Å². The smallest absolute Gasteiger partial charge is 0.359 e. The third-order valence-corrected chi connectivity index (χ3v) is 5.05. The number of rotatable bonds is 9. The van der Waals surface area contributed by atoms with Crippen LogP contribution in [-0.2, 0) is 16.1 Å². The van der Waals surface area contributed by atoms with Crippen LogP contribution in [-0.4, -0.2) is 52.2 Å². The van der Waals surface area contributed by atoms with Crippen molar-refractivity contribution in [2.75, 3.05) is 25.0 Å². The minimum absolute atomic E-state index is 0.0809. The van der Waals surface area contributed by atoms with Crippen LogP contribution in [0, 0.1) is 0 Å². The van der Waals surface area contributed by atoms with Crippen LogP contribution in [0.15, 0.2) is 71.5 Å². The summed E-state index contributed by atoms with van der Waals surface area (Å²) >= 11 is 0. The number of anilines is 1. The molecule has 9 heteroatoms. The molecule has 9 nitrogen and oxygen atoms in total. The highest BCUT2D eigenvalue weighted by atomic mass is 16.5. The zero-order valence-corrected chi connectivity index (χ0v) is 19.1. The minimum Gasteiger partial charge on any atom is -0.451 e. The number of hydrogen-bond donors (Lipinski definition) is 1. The van der Waals surface area contributed by atoms with Gasteiger partial charge < -0.3 is 15.0 Å². The molecule has 2 aromatic carbocycles. The van der Waals surface area contributed by atoms with Gasteiger partial charge in [-0.05, 0) is 49.7 Å². The van der Waals surface area contributed by atoms with Crippen molar-refractivity contribution in [3.05, 3.63) is 93.9 Å². The normalized spacial score (nSPS) is 10.4. The average Bonchev–Trinajstić information content (AvgIpc) is 2.85. The largest absolute Gasteiger partial charge is 0.451 e. The van der Waals surface area contributed by atoms with Gasteiger partial charge in [-0.25, -0.2) is 9.48 Å². The lowest BCUT2D eigenvalue weighted by Crippen LogP contribution is -2.30. The molecule has 1 aromatic heterocycles. The van der Waals surface area contributed by atoms with Crippen molar-refractivity contribution in [3.8, 4) is 0 Å². The SMILES string of the molecule is CCN(CC)C(=O)c1ccc(NC(=O)COC(=O)c2ccc(=O)n(Cc3ccccc3)n2)cc1. The molecule has 0 spiro atoms. The lowest BCUT2D eigenvalue weighted by atomic mass is 10.2. The zero-order chi connectivity index (χ0) is 24.5. The Balaban J connectivity index is 1.56. The van der Waals surface area contributed by atoms with E-state index < -0.39 is 18.5 Å². The third-order valence-electron chi connectivity index (χ3n) is 5.05. The maximum absolute atomic E-state index is 12.4. The molecule has 0 saturated carbocycles. The number of ether oxygens (including phenoxy) is 1. The van der Waals surface area contributed by atoms with Gasteiger partial charge in [-0.3, -0.25) is 14.4 Å². The maximum Gasteiger partial charge on any atom is 0.359 e.